The molecule has 0 N–H and O–H groups in total. The predicted molar refractivity (Wildman–Crippen MR) is 128 cm³/mol. The van der Waals surface area contributed by atoms with Crippen LogP contribution in [0.5, 0.6) is 0 Å². The smallest absolute Gasteiger partial charge is 0.200 e. The van der Waals surface area contributed by atoms with Gasteiger partial charge in [-0.1, -0.05) is 105 Å². The first-order chi connectivity index (χ1) is 13.8. The topological polar surface area (TPSA) is 35.5 Å². The number of alkyl halides is 2. The van der Waals surface area contributed by atoms with E-state index in [0.29, 0.717) is 0 Å². The highest BCUT2D eigenvalue weighted by atomic mass is 35.5. The molecule has 30 heavy (non-hydrogen) atoms. The zero-order valence-corrected chi connectivity index (χ0v) is 21.1. The summed E-state index contributed by atoms with van der Waals surface area (Å²) in [4.78, 5) is 13.3. The molecule has 0 fully saturated rings. The van der Waals surface area contributed by atoms with Crippen molar-refractivity contribution in [3.8, 4) is 0 Å². The van der Waals surface area contributed by atoms with Crippen molar-refractivity contribution in [1.29, 1.82) is 0 Å². The SMILES string of the molecule is CC(Cl)(Cl)C(=O)[C@@H](OCc1ccccc1)[C@H](O[Si](C)(C)C(C)(C)C)c1ccccc1. The average Bonchev–Trinajstić information content (AvgIpc) is 2.67. The van der Waals surface area contributed by atoms with Gasteiger partial charge in [-0.15, -0.1) is 0 Å². The lowest BCUT2D eigenvalue weighted by Gasteiger charge is -2.41. The van der Waals surface area contributed by atoms with Crippen LogP contribution in [0.3, 0.4) is 0 Å². The van der Waals surface area contributed by atoms with E-state index in [4.69, 9.17) is 32.4 Å². The van der Waals surface area contributed by atoms with Crippen LogP contribution in [-0.4, -0.2) is 24.5 Å². The summed E-state index contributed by atoms with van der Waals surface area (Å²) in [7, 11) is -2.25. The Labute approximate surface area is 191 Å². The molecule has 0 spiro atoms. The van der Waals surface area contributed by atoms with Gasteiger partial charge in [0.1, 0.15) is 12.2 Å². The number of carbonyl (C=O) groups is 1. The number of ketones is 1. The maximum absolute atomic E-state index is 13.3. The fourth-order valence-corrected chi connectivity index (χ4v) is 4.22. The standard InChI is InChI=1S/C24H32Cl2O3Si/c1-23(2,3)30(5,6)29-20(19-15-11-8-12-16-19)21(22(27)24(4,25)26)28-17-18-13-9-7-10-14-18/h7-16,20-21H,17H2,1-6H3/t20-,21+/m1/s1. The minimum atomic E-state index is -2.25. The van der Waals surface area contributed by atoms with Crippen LogP contribution in [0.25, 0.3) is 0 Å². The van der Waals surface area contributed by atoms with Crippen LogP contribution in [0.15, 0.2) is 60.7 Å². The summed E-state index contributed by atoms with van der Waals surface area (Å²) in [6.45, 7) is 12.5. The Morgan fingerprint density at radius 2 is 1.43 bits per heavy atom. The largest absolute Gasteiger partial charge is 0.407 e. The van der Waals surface area contributed by atoms with Crippen molar-refractivity contribution in [2.24, 2.45) is 0 Å². The predicted octanol–water partition coefficient (Wildman–Crippen LogP) is 7.10. The number of benzene rings is 2. The molecule has 0 aliphatic rings. The number of carbonyl (C=O) groups excluding carboxylic acids is 1. The summed E-state index contributed by atoms with van der Waals surface area (Å²) in [6.07, 6.45) is -1.55. The lowest BCUT2D eigenvalue weighted by atomic mass is 9.99. The highest BCUT2D eigenvalue weighted by Gasteiger charge is 2.46. The summed E-state index contributed by atoms with van der Waals surface area (Å²) < 4.78 is 11.3. The van der Waals surface area contributed by atoms with Gasteiger partial charge in [0.15, 0.2) is 18.4 Å². The molecular formula is C24H32Cl2O3Si. The van der Waals surface area contributed by atoms with Gasteiger partial charge >= 0.3 is 0 Å². The van der Waals surface area contributed by atoms with Crippen molar-refractivity contribution in [1.82, 2.24) is 0 Å². The molecule has 0 amide bonds. The Hall–Kier alpha value is -1.17. The van der Waals surface area contributed by atoms with Gasteiger partial charge in [0.2, 0.25) is 0 Å². The zero-order chi connectivity index (χ0) is 22.6. The van der Waals surface area contributed by atoms with E-state index in [1.54, 1.807) is 0 Å². The molecule has 2 rings (SSSR count). The Bertz CT molecular complexity index is 812. The molecule has 0 bridgehead atoms. The van der Waals surface area contributed by atoms with Crippen molar-refractivity contribution in [3.63, 3.8) is 0 Å². The fraction of sp³-hybridized carbons (Fsp3) is 0.458. The number of ether oxygens (including phenoxy) is 1. The summed E-state index contributed by atoms with van der Waals surface area (Å²) >= 11 is 12.5. The van der Waals surface area contributed by atoms with Crippen molar-refractivity contribution in [2.45, 2.75) is 69.0 Å². The molecule has 0 unspecified atom stereocenters. The Balaban J connectivity index is 2.46. The molecule has 0 saturated carbocycles. The van der Waals surface area contributed by atoms with Gasteiger partial charge in [-0.25, -0.2) is 0 Å². The molecule has 2 atom stereocenters. The third-order valence-electron chi connectivity index (χ3n) is 5.59. The maximum Gasteiger partial charge on any atom is 0.200 e. The van der Waals surface area contributed by atoms with Crippen LogP contribution in [0.2, 0.25) is 18.1 Å². The van der Waals surface area contributed by atoms with Crippen molar-refractivity contribution < 1.29 is 14.0 Å². The molecule has 2 aromatic rings. The third-order valence-corrected chi connectivity index (χ3v) is 10.4. The van der Waals surface area contributed by atoms with Crippen LogP contribution < -0.4 is 0 Å². The van der Waals surface area contributed by atoms with Gasteiger partial charge in [-0.05, 0) is 36.2 Å². The first-order valence-corrected chi connectivity index (χ1v) is 13.8. The molecule has 0 aliphatic carbocycles. The molecule has 0 saturated heterocycles. The van der Waals surface area contributed by atoms with Crippen LogP contribution in [0.4, 0.5) is 0 Å². The van der Waals surface area contributed by atoms with Gasteiger partial charge in [-0.3, -0.25) is 4.79 Å². The second-order valence-electron chi connectivity index (χ2n) is 9.18. The van der Waals surface area contributed by atoms with Gasteiger partial charge in [0.05, 0.1) is 6.61 Å². The third kappa shape index (κ3) is 6.66. The van der Waals surface area contributed by atoms with Gasteiger partial charge in [0, 0.05) is 0 Å². The first-order valence-electron chi connectivity index (χ1n) is 10.1. The molecule has 3 nitrogen and oxygen atoms in total. The summed E-state index contributed by atoms with van der Waals surface area (Å²) in [5.74, 6) is -0.408. The highest BCUT2D eigenvalue weighted by Crippen LogP contribution is 2.42. The van der Waals surface area contributed by atoms with E-state index < -0.39 is 30.6 Å². The molecule has 164 valence electrons. The Morgan fingerprint density at radius 1 is 0.933 bits per heavy atom. The lowest BCUT2D eigenvalue weighted by molar-refractivity contribution is -0.139. The minimum absolute atomic E-state index is 0.0434. The van der Waals surface area contributed by atoms with Crippen molar-refractivity contribution in [2.75, 3.05) is 0 Å². The van der Waals surface area contributed by atoms with Crippen LogP contribution in [0.1, 0.15) is 44.9 Å². The quantitative estimate of drug-likeness (QED) is 0.292. The average molecular weight is 468 g/mol. The molecule has 0 heterocycles. The molecular weight excluding hydrogens is 435 g/mol. The van der Waals surface area contributed by atoms with E-state index in [1.165, 1.54) is 6.92 Å². The van der Waals surface area contributed by atoms with Crippen molar-refractivity contribution >= 4 is 37.3 Å². The maximum atomic E-state index is 13.3. The van der Waals surface area contributed by atoms with Crippen molar-refractivity contribution in [3.05, 3.63) is 71.8 Å². The second kappa shape index (κ2) is 9.97. The molecule has 2 aromatic carbocycles. The van der Waals surface area contributed by atoms with E-state index in [1.807, 2.05) is 60.7 Å². The number of halogens is 2. The molecule has 6 heteroatoms. The lowest BCUT2D eigenvalue weighted by Crippen LogP contribution is -2.48. The zero-order valence-electron chi connectivity index (χ0n) is 18.6. The second-order valence-corrected chi connectivity index (χ2v) is 15.6. The summed E-state index contributed by atoms with van der Waals surface area (Å²) in [5, 5.41) is -0.0434. The normalized spacial score (nSPS) is 14.9. The Morgan fingerprint density at radius 3 is 1.90 bits per heavy atom. The highest BCUT2D eigenvalue weighted by molar-refractivity contribution is 6.74. The molecule has 0 radical (unpaired) electrons. The Kier molecular flexibility index (Phi) is 8.34. The number of hydrogen-bond donors (Lipinski definition) is 0. The molecule has 0 aromatic heterocycles. The van der Waals surface area contributed by atoms with Gasteiger partial charge < -0.3 is 9.16 Å². The van der Waals surface area contributed by atoms with Crippen LogP contribution in [-0.2, 0) is 20.6 Å². The van der Waals surface area contributed by atoms with Crippen LogP contribution in [0, 0.1) is 0 Å². The summed E-state index contributed by atoms with van der Waals surface area (Å²) in [5.41, 5.74) is 1.83. The van der Waals surface area contributed by atoms with E-state index in [9.17, 15) is 4.79 Å². The minimum Gasteiger partial charge on any atom is -0.407 e. The van der Waals surface area contributed by atoms with Gasteiger partial charge in [-0.2, -0.15) is 0 Å². The number of rotatable bonds is 9. The van der Waals surface area contributed by atoms with E-state index in [0.717, 1.165) is 11.1 Å². The number of Topliss-reactive ketones (excluding diaryl/α,β-unsaturated/α-hetero) is 1. The van der Waals surface area contributed by atoms with Gasteiger partial charge in [0.25, 0.3) is 0 Å². The summed E-state index contributed by atoms with van der Waals surface area (Å²) in [6, 6.07) is 19.4. The number of hydrogen-bond acceptors (Lipinski definition) is 3. The van der Waals surface area contributed by atoms with E-state index in [2.05, 4.69) is 33.9 Å². The molecule has 0 aliphatic heterocycles. The van der Waals surface area contributed by atoms with E-state index >= 15 is 0 Å². The van der Waals surface area contributed by atoms with E-state index in [-0.39, 0.29) is 11.6 Å². The monoisotopic (exact) mass is 466 g/mol. The fourth-order valence-electron chi connectivity index (χ4n) is 2.75. The first kappa shape index (κ1) is 25.1. The van der Waals surface area contributed by atoms with Crippen LogP contribution >= 0.6 is 23.2 Å².